The molecule has 2 N–H and O–H groups in total. The Kier molecular flexibility index (Phi) is 10.9. The number of hydrogen-bond donors (Lipinski definition) is 2. The molecule has 244 valence electrons. The van der Waals surface area contributed by atoms with Crippen molar-refractivity contribution in [1.29, 1.82) is 0 Å². The molecule has 8 bridgehead atoms. The van der Waals surface area contributed by atoms with Gasteiger partial charge in [0.2, 0.25) is 0 Å². The SMILES string of the molecule is C=Cc1cc2[nH]c1c(C(CC)CC)c1ccc([nH]1)c(C(CC)CC)c1nc(c(C(CC)CC)c3nc(c2C(CC)CC)C=C3)C=C1. The lowest BCUT2D eigenvalue weighted by atomic mass is 9.91. The minimum Gasteiger partial charge on any atom is -0.355 e. The van der Waals surface area contributed by atoms with E-state index in [9.17, 15) is 0 Å². The standard InChI is InChI=1S/C42H56N4/c1-10-26(11-2)38-31-19-20-32(43-31)39(27(12-3)13-4)34-23-24-36(45-34)41(29(16-7)17-8)42-30(18-9)25-37(46-42)40(28(14-5)15-6)35-22-21-33(38)44-35/h18-29,45-46H,9-17H2,1-8H3. The van der Waals surface area contributed by atoms with Crippen molar-refractivity contribution in [2.75, 3.05) is 0 Å². The summed E-state index contributed by atoms with van der Waals surface area (Å²) in [6.45, 7) is 22.7. The number of aromatic nitrogens is 4. The molecule has 0 spiro atoms. The summed E-state index contributed by atoms with van der Waals surface area (Å²) in [4.78, 5) is 18.9. The minimum absolute atomic E-state index is 0.385. The van der Waals surface area contributed by atoms with Crippen LogP contribution in [0.4, 0.5) is 0 Å². The van der Waals surface area contributed by atoms with Crippen LogP contribution in [0, 0.1) is 0 Å². The van der Waals surface area contributed by atoms with Crippen molar-refractivity contribution in [3.8, 4) is 0 Å². The quantitative estimate of drug-likeness (QED) is 0.138. The van der Waals surface area contributed by atoms with E-state index in [0.717, 1.165) is 85.2 Å². The predicted molar refractivity (Wildman–Crippen MR) is 202 cm³/mol. The molecule has 0 atom stereocenters. The Morgan fingerprint density at radius 2 is 0.891 bits per heavy atom. The highest BCUT2D eigenvalue weighted by atomic mass is 14.8. The van der Waals surface area contributed by atoms with Crippen LogP contribution in [0.2, 0.25) is 0 Å². The van der Waals surface area contributed by atoms with Gasteiger partial charge in [-0.05, 0) is 123 Å². The molecule has 2 aliphatic heterocycles. The monoisotopic (exact) mass is 616 g/mol. The largest absolute Gasteiger partial charge is 0.355 e. The van der Waals surface area contributed by atoms with Crippen LogP contribution in [0.15, 0.2) is 24.8 Å². The van der Waals surface area contributed by atoms with Gasteiger partial charge in [-0.1, -0.05) is 68.0 Å². The number of nitrogens with zero attached hydrogens (tertiary/aromatic N) is 2. The Labute approximate surface area is 277 Å². The molecule has 2 aliphatic rings. The highest BCUT2D eigenvalue weighted by Gasteiger charge is 2.24. The highest BCUT2D eigenvalue weighted by Crippen LogP contribution is 2.39. The summed E-state index contributed by atoms with van der Waals surface area (Å²) in [5.41, 5.74) is 15.4. The van der Waals surface area contributed by atoms with E-state index < -0.39 is 0 Å². The normalized spacial score (nSPS) is 12.9. The summed E-state index contributed by atoms with van der Waals surface area (Å²) in [7, 11) is 0. The van der Waals surface area contributed by atoms with Gasteiger partial charge in [0.15, 0.2) is 0 Å². The maximum absolute atomic E-state index is 5.46. The first-order chi connectivity index (χ1) is 22.4. The molecule has 0 saturated heterocycles. The zero-order valence-electron chi connectivity index (χ0n) is 29.7. The van der Waals surface area contributed by atoms with Crippen molar-refractivity contribution in [3.05, 3.63) is 75.4 Å². The van der Waals surface area contributed by atoms with Gasteiger partial charge in [0.25, 0.3) is 0 Å². The first kappa shape index (κ1) is 33.7. The van der Waals surface area contributed by atoms with Gasteiger partial charge < -0.3 is 9.97 Å². The van der Waals surface area contributed by atoms with Crippen molar-refractivity contribution in [2.24, 2.45) is 0 Å². The van der Waals surface area contributed by atoms with Crippen LogP contribution in [0.3, 0.4) is 0 Å². The van der Waals surface area contributed by atoms with Crippen molar-refractivity contribution < 1.29 is 0 Å². The molecule has 46 heavy (non-hydrogen) atoms. The van der Waals surface area contributed by atoms with Gasteiger partial charge in [0.1, 0.15) is 0 Å². The Morgan fingerprint density at radius 1 is 0.522 bits per heavy atom. The lowest BCUT2D eigenvalue weighted by Crippen LogP contribution is -2.04. The number of nitrogens with one attached hydrogen (secondary N) is 2. The zero-order valence-corrected chi connectivity index (χ0v) is 29.7. The van der Waals surface area contributed by atoms with Gasteiger partial charge in [0.05, 0.1) is 28.3 Å². The first-order valence-corrected chi connectivity index (χ1v) is 18.2. The molecule has 5 heterocycles. The van der Waals surface area contributed by atoms with Crippen LogP contribution in [0.25, 0.3) is 52.4 Å². The maximum atomic E-state index is 5.46. The van der Waals surface area contributed by atoms with Gasteiger partial charge in [-0.2, -0.15) is 0 Å². The summed E-state index contributed by atoms with van der Waals surface area (Å²) in [5.74, 6) is 1.57. The van der Waals surface area contributed by atoms with Crippen LogP contribution < -0.4 is 0 Å². The second-order valence-electron chi connectivity index (χ2n) is 13.1. The molecule has 3 aromatic heterocycles. The molecule has 0 radical (unpaired) electrons. The summed E-state index contributed by atoms with van der Waals surface area (Å²) < 4.78 is 0. The Morgan fingerprint density at radius 3 is 1.33 bits per heavy atom. The molecule has 0 saturated carbocycles. The second-order valence-corrected chi connectivity index (χ2v) is 13.1. The maximum Gasteiger partial charge on any atom is 0.0694 e. The van der Waals surface area contributed by atoms with Crippen LogP contribution in [-0.2, 0) is 0 Å². The van der Waals surface area contributed by atoms with E-state index in [-0.39, 0.29) is 0 Å². The van der Waals surface area contributed by atoms with Gasteiger partial charge in [-0.3, -0.25) is 0 Å². The van der Waals surface area contributed by atoms with E-state index in [1.807, 2.05) is 6.08 Å². The number of fused-ring (bicyclic) bond motifs is 8. The van der Waals surface area contributed by atoms with Crippen molar-refractivity contribution in [1.82, 2.24) is 19.9 Å². The van der Waals surface area contributed by atoms with Crippen LogP contribution in [-0.4, -0.2) is 19.9 Å². The molecule has 0 fully saturated rings. The summed E-state index contributed by atoms with van der Waals surface area (Å²) in [5, 5.41) is 0. The average molecular weight is 617 g/mol. The summed E-state index contributed by atoms with van der Waals surface area (Å²) in [6, 6.07) is 6.93. The third-order valence-electron chi connectivity index (χ3n) is 10.9. The Bertz CT molecular complexity index is 1760. The van der Waals surface area contributed by atoms with Crippen molar-refractivity contribution >= 4 is 52.4 Å². The van der Waals surface area contributed by atoms with E-state index in [1.54, 1.807) is 0 Å². The topological polar surface area (TPSA) is 57.4 Å². The van der Waals surface area contributed by atoms with E-state index in [4.69, 9.17) is 9.97 Å². The van der Waals surface area contributed by atoms with Crippen molar-refractivity contribution in [2.45, 2.75) is 130 Å². The fourth-order valence-electron chi connectivity index (χ4n) is 8.06. The third kappa shape index (κ3) is 6.08. The third-order valence-corrected chi connectivity index (χ3v) is 10.9. The molecule has 5 rings (SSSR count). The van der Waals surface area contributed by atoms with Crippen LogP contribution >= 0.6 is 0 Å². The van der Waals surface area contributed by atoms with Crippen molar-refractivity contribution in [3.63, 3.8) is 0 Å². The van der Waals surface area contributed by atoms with Crippen LogP contribution in [0.1, 0.15) is 181 Å². The van der Waals surface area contributed by atoms with E-state index in [0.29, 0.717) is 23.7 Å². The lowest BCUT2D eigenvalue weighted by Gasteiger charge is -2.16. The molecular weight excluding hydrogens is 560 g/mol. The van der Waals surface area contributed by atoms with Gasteiger partial charge in [-0.25, -0.2) is 9.97 Å². The number of rotatable bonds is 13. The summed E-state index contributed by atoms with van der Waals surface area (Å²) >= 11 is 0. The first-order valence-electron chi connectivity index (χ1n) is 18.2. The van der Waals surface area contributed by atoms with E-state index >= 15 is 0 Å². The molecule has 0 unspecified atom stereocenters. The predicted octanol–water partition coefficient (Wildman–Crippen LogP) is 12.9. The van der Waals surface area contributed by atoms with Gasteiger partial charge >= 0.3 is 0 Å². The van der Waals surface area contributed by atoms with Gasteiger partial charge in [0, 0.05) is 38.8 Å². The minimum atomic E-state index is 0.385. The Balaban J connectivity index is 2.09. The van der Waals surface area contributed by atoms with E-state index in [2.05, 4.69) is 114 Å². The second kappa shape index (κ2) is 14.8. The highest BCUT2D eigenvalue weighted by molar-refractivity contribution is 5.88. The number of hydrogen-bond acceptors (Lipinski definition) is 2. The summed E-state index contributed by atoms with van der Waals surface area (Å²) in [6.07, 6.45) is 19.5. The van der Waals surface area contributed by atoms with Gasteiger partial charge in [-0.15, -0.1) is 0 Å². The molecule has 4 heteroatoms. The number of H-pyrrole nitrogens is 2. The average Bonchev–Trinajstić information content (AvgIpc) is 3.91. The molecular formula is C42H56N4. The zero-order chi connectivity index (χ0) is 33.0. The number of aromatic amines is 2. The fraction of sp³-hybridized carbons (Fsp3) is 0.476. The molecule has 0 aliphatic carbocycles. The fourth-order valence-corrected chi connectivity index (χ4v) is 8.06. The Hall–Kier alpha value is -3.66. The molecule has 4 nitrogen and oxygen atoms in total. The van der Waals surface area contributed by atoms with Crippen LogP contribution in [0.5, 0.6) is 0 Å². The molecule has 0 aromatic carbocycles. The smallest absolute Gasteiger partial charge is 0.0694 e. The van der Waals surface area contributed by atoms with E-state index in [1.165, 1.54) is 38.8 Å². The molecule has 3 aromatic rings. The molecule has 0 amide bonds. The lowest BCUT2D eigenvalue weighted by molar-refractivity contribution is 0.633.